The summed E-state index contributed by atoms with van der Waals surface area (Å²) in [4.78, 5) is 17.1. The number of carbonyl (C=O) groups is 1. The fourth-order valence-electron chi connectivity index (χ4n) is 3.16. The topological polar surface area (TPSA) is 59.3 Å². The fraction of sp³-hybridized carbons (Fsp3) is 0.125. The molecule has 0 radical (unpaired) electrons. The number of imidazole rings is 1. The molecule has 0 spiro atoms. The number of aromatic nitrogens is 2. The maximum atomic E-state index is 12.4. The first kappa shape index (κ1) is 22.4. The van der Waals surface area contributed by atoms with Crippen LogP contribution in [0.5, 0.6) is 0 Å². The minimum absolute atomic E-state index is 0.171. The third-order valence-electron chi connectivity index (χ3n) is 4.80. The Balaban J connectivity index is 1.46. The zero-order valence-corrected chi connectivity index (χ0v) is 19.6. The second-order valence-corrected chi connectivity index (χ2v) is 8.93. The second kappa shape index (κ2) is 10.2. The minimum Gasteiger partial charge on any atom is -0.314 e. The number of thioether (sulfide) groups is 1. The zero-order valence-electron chi connectivity index (χ0n) is 17.3. The number of fused-ring (bicyclic) bond motifs is 1. The number of amides is 1. The summed E-state index contributed by atoms with van der Waals surface area (Å²) in [6.07, 6.45) is 1.44. The van der Waals surface area contributed by atoms with E-state index in [1.807, 2.05) is 24.3 Å². The van der Waals surface area contributed by atoms with Gasteiger partial charge in [-0.25, -0.2) is 10.4 Å². The van der Waals surface area contributed by atoms with Crippen LogP contribution in [0.1, 0.15) is 16.7 Å². The van der Waals surface area contributed by atoms with Gasteiger partial charge in [-0.3, -0.25) is 4.79 Å². The van der Waals surface area contributed by atoms with Gasteiger partial charge >= 0.3 is 0 Å². The number of nitrogens with one attached hydrogen (secondary N) is 1. The maximum absolute atomic E-state index is 12.4. The molecule has 32 heavy (non-hydrogen) atoms. The van der Waals surface area contributed by atoms with Crippen molar-refractivity contribution in [1.82, 2.24) is 15.0 Å². The quantitative estimate of drug-likeness (QED) is 0.201. The molecule has 0 aliphatic carbocycles. The summed E-state index contributed by atoms with van der Waals surface area (Å²) in [6.45, 7) is 2.74. The first-order valence-corrected chi connectivity index (χ1v) is 11.6. The first-order valence-electron chi connectivity index (χ1n) is 9.91. The molecule has 162 valence electrons. The average molecular weight is 483 g/mol. The van der Waals surface area contributed by atoms with Crippen molar-refractivity contribution in [3.05, 3.63) is 93.5 Å². The summed E-state index contributed by atoms with van der Waals surface area (Å²) in [6, 6.07) is 21.6. The Labute approximate surface area is 200 Å². The monoisotopic (exact) mass is 482 g/mol. The molecular formula is C24H20Cl2N4OS. The number of benzene rings is 3. The van der Waals surface area contributed by atoms with Gasteiger partial charge in [-0.1, -0.05) is 83.0 Å². The summed E-state index contributed by atoms with van der Waals surface area (Å²) in [5.74, 6) is -0.0754. The molecule has 1 heterocycles. The number of hydrogen-bond acceptors (Lipinski definition) is 4. The Bertz CT molecular complexity index is 1260. The molecule has 0 unspecified atom stereocenters. The van der Waals surface area contributed by atoms with Crippen molar-refractivity contribution in [2.45, 2.75) is 18.6 Å². The summed E-state index contributed by atoms with van der Waals surface area (Å²) < 4.78 is 2.13. The first-order chi connectivity index (χ1) is 15.5. The van der Waals surface area contributed by atoms with Crippen LogP contribution in [0, 0.1) is 6.92 Å². The van der Waals surface area contributed by atoms with E-state index in [0.29, 0.717) is 22.2 Å². The molecule has 0 atom stereocenters. The van der Waals surface area contributed by atoms with E-state index in [0.717, 1.165) is 16.2 Å². The van der Waals surface area contributed by atoms with Gasteiger partial charge in [-0.15, -0.1) is 0 Å². The molecule has 1 aromatic heterocycles. The number of hydrogen-bond donors (Lipinski definition) is 1. The molecule has 0 fully saturated rings. The summed E-state index contributed by atoms with van der Waals surface area (Å²) >= 11 is 13.6. The number of nitrogens with zero attached hydrogens (tertiary/aromatic N) is 3. The third-order valence-corrected chi connectivity index (χ3v) is 6.43. The summed E-state index contributed by atoms with van der Waals surface area (Å²) in [5, 5.41) is 5.70. The van der Waals surface area contributed by atoms with Crippen LogP contribution in [0.3, 0.4) is 0 Å². The van der Waals surface area contributed by atoms with Crippen molar-refractivity contribution < 1.29 is 4.79 Å². The van der Waals surface area contributed by atoms with E-state index in [9.17, 15) is 4.79 Å². The van der Waals surface area contributed by atoms with Crippen molar-refractivity contribution in [1.29, 1.82) is 0 Å². The maximum Gasteiger partial charge on any atom is 0.250 e. The molecule has 1 amide bonds. The highest BCUT2D eigenvalue weighted by molar-refractivity contribution is 7.99. The average Bonchev–Trinajstić information content (AvgIpc) is 3.13. The zero-order chi connectivity index (χ0) is 22.5. The van der Waals surface area contributed by atoms with Crippen LogP contribution in [-0.4, -0.2) is 27.4 Å². The van der Waals surface area contributed by atoms with Gasteiger partial charge in [0.2, 0.25) is 0 Å². The summed E-state index contributed by atoms with van der Waals surface area (Å²) in [5.41, 5.74) is 7.40. The standard InChI is InChI=1S/C24H20Cl2N4OS/c1-16-9-11-17(12-10-16)14-30-22-8-3-2-7-21(22)28-24(30)32-15-23(31)29-27-13-18-19(25)5-4-6-20(18)26/h2-13H,14-15H2,1H3,(H,29,31)/b27-13+. The predicted molar refractivity (Wildman–Crippen MR) is 133 cm³/mol. The van der Waals surface area contributed by atoms with Gasteiger partial charge < -0.3 is 4.57 Å². The number of hydrazone groups is 1. The van der Waals surface area contributed by atoms with Crippen LogP contribution in [-0.2, 0) is 11.3 Å². The number of aryl methyl sites for hydroxylation is 1. The van der Waals surface area contributed by atoms with Crippen LogP contribution in [0.25, 0.3) is 11.0 Å². The second-order valence-electron chi connectivity index (χ2n) is 7.17. The van der Waals surface area contributed by atoms with E-state index in [1.54, 1.807) is 18.2 Å². The number of para-hydroxylation sites is 2. The molecule has 0 saturated heterocycles. The van der Waals surface area contributed by atoms with E-state index >= 15 is 0 Å². The lowest BCUT2D eigenvalue weighted by molar-refractivity contribution is -0.118. The molecule has 1 N–H and O–H groups in total. The SMILES string of the molecule is Cc1ccc(Cn2c(SCC(=O)N/N=C/c3c(Cl)cccc3Cl)nc3ccccc32)cc1. The van der Waals surface area contributed by atoms with Crippen molar-refractivity contribution >= 4 is 58.1 Å². The van der Waals surface area contributed by atoms with E-state index in [-0.39, 0.29) is 11.7 Å². The Morgan fingerprint density at radius 2 is 1.78 bits per heavy atom. The molecule has 5 nitrogen and oxygen atoms in total. The Morgan fingerprint density at radius 1 is 1.06 bits per heavy atom. The van der Waals surface area contributed by atoms with Crippen LogP contribution in [0.4, 0.5) is 0 Å². The van der Waals surface area contributed by atoms with Crippen LogP contribution >= 0.6 is 35.0 Å². The summed E-state index contributed by atoms with van der Waals surface area (Å²) in [7, 11) is 0. The lowest BCUT2D eigenvalue weighted by Gasteiger charge is -2.09. The van der Waals surface area contributed by atoms with E-state index in [1.165, 1.54) is 29.1 Å². The lowest BCUT2D eigenvalue weighted by Crippen LogP contribution is -2.20. The highest BCUT2D eigenvalue weighted by Gasteiger charge is 2.13. The van der Waals surface area contributed by atoms with Crippen LogP contribution < -0.4 is 5.43 Å². The molecule has 8 heteroatoms. The molecule has 0 bridgehead atoms. The van der Waals surface area contributed by atoms with Gasteiger partial charge in [0.25, 0.3) is 5.91 Å². The predicted octanol–water partition coefficient (Wildman–Crippen LogP) is 5.94. The van der Waals surface area contributed by atoms with Crippen molar-refractivity contribution in [2.24, 2.45) is 5.10 Å². The highest BCUT2D eigenvalue weighted by Crippen LogP contribution is 2.25. The largest absolute Gasteiger partial charge is 0.314 e. The van der Waals surface area contributed by atoms with Crippen molar-refractivity contribution in [2.75, 3.05) is 5.75 Å². The van der Waals surface area contributed by atoms with E-state index in [2.05, 4.69) is 46.3 Å². The van der Waals surface area contributed by atoms with Gasteiger partial charge in [0.05, 0.1) is 39.6 Å². The Kier molecular flexibility index (Phi) is 7.15. The minimum atomic E-state index is -0.247. The fourth-order valence-corrected chi connectivity index (χ4v) is 4.46. The van der Waals surface area contributed by atoms with Gasteiger partial charge in [-0.2, -0.15) is 5.10 Å². The van der Waals surface area contributed by atoms with Crippen molar-refractivity contribution in [3.8, 4) is 0 Å². The van der Waals surface area contributed by atoms with Crippen LogP contribution in [0.2, 0.25) is 10.0 Å². The smallest absolute Gasteiger partial charge is 0.250 e. The lowest BCUT2D eigenvalue weighted by atomic mass is 10.1. The molecule has 4 rings (SSSR count). The van der Waals surface area contributed by atoms with Gasteiger partial charge in [0.15, 0.2) is 5.16 Å². The number of carbonyl (C=O) groups excluding carboxylic acids is 1. The van der Waals surface area contributed by atoms with Gasteiger partial charge in [-0.05, 0) is 36.8 Å². The highest BCUT2D eigenvalue weighted by atomic mass is 35.5. The van der Waals surface area contributed by atoms with Crippen molar-refractivity contribution in [3.63, 3.8) is 0 Å². The van der Waals surface area contributed by atoms with E-state index < -0.39 is 0 Å². The number of halogens is 2. The molecule has 3 aromatic carbocycles. The normalized spacial score (nSPS) is 11.3. The molecule has 0 saturated carbocycles. The molecular weight excluding hydrogens is 463 g/mol. The van der Waals surface area contributed by atoms with Gasteiger partial charge in [0, 0.05) is 5.56 Å². The molecule has 0 aliphatic rings. The Morgan fingerprint density at radius 3 is 2.53 bits per heavy atom. The number of rotatable bonds is 7. The third kappa shape index (κ3) is 5.33. The molecule has 4 aromatic rings. The molecule has 0 aliphatic heterocycles. The van der Waals surface area contributed by atoms with E-state index in [4.69, 9.17) is 28.2 Å². The Hall–Kier alpha value is -2.80. The van der Waals surface area contributed by atoms with Gasteiger partial charge in [0.1, 0.15) is 0 Å². The van der Waals surface area contributed by atoms with Crippen LogP contribution in [0.15, 0.2) is 77.0 Å².